The highest BCUT2D eigenvalue weighted by molar-refractivity contribution is 6.33. The van der Waals surface area contributed by atoms with Crippen molar-refractivity contribution < 1.29 is 4.79 Å². The molecule has 0 aliphatic carbocycles. The molecule has 8 nitrogen and oxygen atoms in total. The van der Waals surface area contributed by atoms with E-state index in [1.165, 1.54) is 0 Å². The summed E-state index contributed by atoms with van der Waals surface area (Å²) in [5.74, 6) is 0.194. The molecule has 0 saturated carbocycles. The van der Waals surface area contributed by atoms with Gasteiger partial charge in [0.25, 0.3) is 5.91 Å². The Kier molecular flexibility index (Phi) is 5.04. The van der Waals surface area contributed by atoms with Crippen molar-refractivity contribution in [3.05, 3.63) is 89.7 Å². The van der Waals surface area contributed by atoms with Gasteiger partial charge >= 0.3 is 0 Å². The second-order valence-corrected chi connectivity index (χ2v) is 7.55. The third-order valence-electron chi connectivity index (χ3n) is 5.18. The van der Waals surface area contributed by atoms with Crippen LogP contribution in [0.5, 0.6) is 0 Å². The Labute approximate surface area is 188 Å². The molecule has 4 heterocycles. The Bertz CT molecular complexity index is 1360. The normalized spacial score (nSPS) is 12.5. The SMILES string of the molecule is Cc1c(C(=O)Nc2cnc(N3NC=CN3)c(Cl)c2)cncc1-c1cccc2ncccc12. The highest BCUT2D eigenvalue weighted by atomic mass is 35.5. The van der Waals surface area contributed by atoms with Crippen molar-refractivity contribution in [3.63, 3.8) is 0 Å². The first kappa shape index (κ1) is 19.8. The number of hydrogen-bond donors (Lipinski definition) is 3. The standard InChI is InChI=1S/C23H18ClN7O/c1-14-18(16-4-2-6-21-17(16)5-3-7-26-21)12-25-13-19(14)23(32)30-15-10-20(24)22(27-11-15)31-28-8-9-29-31/h2-13,28-29H,1H3,(H,30,32). The first-order valence-corrected chi connectivity index (χ1v) is 10.2. The van der Waals surface area contributed by atoms with Gasteiger partial charge in [-0.1, -0.05) is 29.8 Å². The Morgan fingerprint density at radius 2 is 1.88 bits per heavy atom. The number of benzene rings is 1. The van der Waals surface area contributed by atoms with Gasteiger partial charge in [0.1, 0.15) is 0 Å². The number of rotatable bonds is 4. The minimum atomic E-state index is -0.292. The molecule has 0 spiro atoms. The smallest absolute Gasteiger partial charge is 0.257 e. The zero-order chi connectivity index (χ0) is 22.1. The largest absolute Gasteiger partial charge is 0.320 e. The maximum atomic E-state index is 13.1. The van der Waals surface area contributed by atoms with E-state index in [4.69, 9.17) is 11.6 Å². The summed E-state index contributed by atoms with van der Waals surface area (Å²) in [4.78, 5) is 26.1. The molecule has 1 aromatic carbocycles. The predicted octanol–water partition coefficient (Wildman–Crippen LogP) is 4.21. The van der Waals surface area contributed by atoms with Gasteiger partial charge in [0.2, 0.25) is 0 Å². The molecule has 9 heteroatoms. The van der Waals surface area contributed by atoms with Crippen LogP contribution in [0.25, 0.3) is 22.0 Å². The van der Waals surface area contributed by atoms with E-state index in [-0.39, 0.29) is 5.91 Å². The second kappa shape index (κ2) is 8.16. The van der Waals surface area contributed by atoms with Crippen LogP contribution in [0.3, 0.4) is 0 Å². The number of halogens is 1. The van der Waals surface area contributed by atoms with Crippen LogP contribution in [0.15, 0.2) is 73.6 Å². The van der Waals surface area contributed by atoms with Crippen molar-refractivity contribution in [1.29, 1.82) is 0 Å². The Balaban J connectivity index is 1.44. The lowest BCUT2D eigenvalue weighted by Gasteiger charge is -2.19. The van der Waals surface area contributed by atoms with Crippen molar-refractivity contribution in [2.75, 3.05) is 10.4 Å². The monoisotopic (exact) mass is 443 g/mol. The van der Waals surface area contributed by atoms with Crippen molar-refractivity contribution >= 4 is 39.9 Å². The highest BCUT2D eigenvalue weighted by Gasteiger charge is 2.17. The van der Waals surface area contributed by atoms with Crippen LogP contribution in [-0.2, 0) is 0 Å². The zero-order valence-electron chi connectivity index (χ0n) is 17.0. The molecule has 5 rings (SSSR count). The maximum absolute atomic E-state index is 13.1. The molecule has 0 radical (unpaired) electrons. The fourth-order valence-electron chi connectivity index (χ4n) is 3.61. The van der Waals surface area contributed by atoms with E-state index >= 15 is 0 Å². The Hall–Kier alpha value is -4.17. The van der Waals surface area contributed by atoms with Crippen molar-refractivity contribution in [2.45, 2.75) is 6.92 Å². The molecular formula is C23H18ClN7O. The van der Waals surface area contributed by atoms with Crippen molar-refractivity contribution in [2.24, 2.45) is 0 Å². The number of carbonyl (C=O) groups excluding carboxylic acids is 1. The molecule has 0 atom stereocenters. The topological polar surface area (TPSA) is 95.1 Å². The average Bonchev–Trinajstić information content (AvgIpc) is 3.33. The third kappa shape index (κ3) is 3.57. The molecule has 0 unspecified atom stereocenters. The quantitative estimate of drug-likeness (QED) is 0.435. The van der Waals surface area contributed by atoms with Crippen LogP contribution in [-0.4, -0.2) is 20.9 Å². The number of pyridine rings is 3. The molecule has 4 aromatic rings. The van der Waals surface area contributed by atoms with Gasteiger partial charge in [0.15, 0.2) is 5.82 Å². The van der Waals surface area contributed by atoms with E-state index in [1.54, 1.807) is 48.4 Å². The zero-order valence-corrected chi connectivity index (χ0v) is 17.8. The summed E-state index contributed by atoms with van der Waals surface area (Å²) in [6.45, 7) is 1.91. The number of amides is 1. The van der Waals surface area contributed by atoms with E-state index in [1.807, 2.05) is 37.3 Å². The summed E-state index contributed by atoms with van der Waals surface area (Å²) >= 11 is 6.35. The van der Waals surface area contributed by atoms with Crippen LogP contribution >= 0.6 is 11.6 Å². The van der Waals surface area contributed by atoms with Crippen LogP contribution in [0, 0.1) is 6.92 Å². The molecule has 1 aliphatic rings. The van der Waals surface area contributed by atoms with E-state index in [0.717, 1.165) is 27.6 Å². The highest BCUT2D eigenvalue weighted by Crippen LogP contribution is 2.31. The fraction of sp³-hybridized carbons (Fsp3) is 0.0435. The number of fused-ring (bicyclic) bond motifs is 1. The second-order valence-electron chi connectivity index (χ2n) is 7.15. The molecule has 0 saturated heterocycles. The molecule has 0 fully saturated rings. The minimum Gasteiger partial charge on any atom is -0.320 e. The van der Waals surface area contributed by atoms with Gasteiger partial charge in [-0.05, 0) is 36.2 Å². The van der Waals surface area contributed by atoms with Gasteiger partial charge in [-0.3, -0.25) is 25.6 Å². The van der Waals surface area contributed by atoms with Crippen LogP contribution in [0.1, 0.15) is 15.9 Å². The molecule has 3 aromatic heterocycles. The summed E-state index contributed by atoms with van der Waals surface area (Å²) in [5, 5.41) is 5.80. The lowest BCUT2D eigenvalue weighted by Crippen LogP contribution is -2.38. The Morgan fingerprint density at radius 1 is 1.03 bits per heavy atom. The summed E-state index contributed by atoms with van der Waals surface area (Å²) < 4.78 is 0. The first-order valence-electron chi connectivity index (χ1n) is 9.85. The number of carbonyl (C=O) groups is 1. The number of anilines is 2. The maximum Gasteiger partial charge on any atom is 0.257 e. The van der Waals surface area contributed by atoms with E-state index in [9.17, 15) is 4.79 Å². The summed E-state index contributed by atoms with van der Waals surface area (Å²) in [6.07, 6.45) is 10.1. The fourth-order valence-corrected chi connectivity index (χ4v) is 3.86. The number of nitrogens with zero attached hydrogens (tertiary/aromatic N) is 4. The van der Waals surface area contributed by atoms with Gasteiger partial charge in [0, 0.05) is 41.9 Å². The van der Waals surface area contributed by atoms with Gasteiger partial charge in [0.05, 0.1) is 28.0 Å². The van der Waals surface area contributed by atoms with Crippen molar-refractivity contribution in [3.8, 4) is 11.1 Å². The number of hydrazine groups is 2. The lowest BCUT2D eigenvalue weighted by molar-refractivity contribution is 0.102. The molecule has 32 heavy (non-hydrogen) atoms. The molecule has 1 aliphatic heterocycles. The van der Waals surface area contributed by atoms with E-state index in [2.05, 4.69) is 31.1 Å². The molecule has 3 N–H and O–H groups in total. The van der Waals surface area contributed by atoms with E-state index in [0.29, 0.717) is 22.1 Å². The molecular weight excluding hydrogens is 426 g/mol. The molecule has 1 amide bonds. The summed E-state index contributed by atoms with van der Waals surface area (Å²) in [5.41, 5.74) is 10.4. The van der Waals surface area contributed by atoms with Gasteiger partial charge < -0.3 is 5.32 Å². The predicted molar refractivity (Wildman–Crippen MR) is 125 cm³/mol. The minimum absolute atomic E-state index is 0.292. The number of nitrogens with one attached hydrogen (secondary N) is 3. The van der Waals surface area contributed by atoms with Gasteiger partial charge in [-0.2, -0.15) is 5.12 Å². The van der Waals surface area contributed by atoms with E-state index < -0.39 is 0 Å². The van der Waals surface area contributed by atoms with Crippen LogP contribution < -0.4 is 21.3 Å². The molecule has 158 valence electrons. The average molecular weight is 444 g/mol. The Morgan fingerprint density at radius 3 is 2.69 bits per heavy atom. The summed E-state index contributed by atoms with van der Waals surface area (Å²) in [7, 11) is 0. The van der Waals surface area contributed by atoms with Crippen molar-refractivity contribution in [1.82, 2.24) is 25.8 Å². The lowest BCUT2D eigenvalue weighted by atomic mass is 9.96. The van der Waals surface area contributed by atoms with Crippen LogP contribution in [0.4, 0.5) is 11.5 Å². The van der Waals surface area contributed by atoms with Gasteiger partial charge in [-0.15, -0.1) is 0 Å². The third-order valence-corrected chi connectivity index (χ3v) is 5.46. The number of aromatic nitrogens is 3. The summed E-state index contributed by atoms with van der Waals surface area (Å²) in [6, 6.07) is 11.5. The first-order chi connectivity index (χ1) is 15.6. The number of hydrogen-bond acceptors (Lipinski definition) is 7. The molecule has 0 bridgehead atoms. The van der Waals surface area contributed by atoms with Gasteiger partial charge in [-0.25, -0.2) is 4.98 Å². The van der Waals surface area contributed by atoms with Crippen LogP contribution in [0.2, 0.25) is 5.02 Å².